The molecule has 2 N–H and O–H groups in total. The van der Waals surface area contributed by atoms with Crippen LogP contribution in [0.3, 0.4) is 0 Å². The van der Waals surface area contributed by atoms with Crippen molar-refractivity contribution in [2.75, 3.05) is 5.73 Å². The van der Waals surface area contributed by atoms with E-state index in [9.17, 15) is 9.18 Å². The van der Waals surface area contributed by atoms with Gasteiger partial charge in [-0.05, 0) is 38.5 Å². The number of benzene rings is 1. The van der Waals surface area contributed by atoms with Crippen LogP contribution in [-0.2, 0) is 4.74 Å². The Hall–Kier alpha value is -1.40. The third-order valence-electron chi connectivity index (χ3n) is 2.64. The summed E-state index contributed by atoms with van der Waals surface area (Å²) in [6.45, 7) is 5.38. The summed E-state index contributed by atoms with van der Waals surface area (Å²) >= 11 is 4.56. The fourth-order valence-corrected chi connectivity index (χ4v) is 3.18. The largest absolute Gasteiger partial charge is 0.456 e. The Kier molecular flexibility index (Phi) is 4.39. The molecule has 2 rings (SSSR count). The Morgan fingerprint density at radius 2 is 2.00 bits per heavy atom. The zero-order valence-corrected chi connectivity index (χ0v) is 14.3. The lowest BCUT2D eigenvalue weighted by molar-refractivity contribution is 0.00722. The van der Waals surface area contributed by atoms with Gasteiger partial charge in [-0.1, -0.05) is 22.0 Å². The molecule has 1 heterocycles. The number of nitrogens with two attached hydrogens (primary N) is 1. The van der Waals surface area contributed by atoms with Crippen LogP contribution in [0, 0.1) is 5.82 Å². The van der Waals surface area contributed by atoms with Crippen molar-refractivity contribution >= 4 is 38.2 Å². The van der Waals surface area contributed by atoms with Gasteiger partial charge in [0.05, 0.1) is 0 Å². The molecule has 0 amide bonds. The smallest absolute Gasteiger partial charge is 0.342 e. The van der Waals surface area contributed by atoms with Crippen molar-refractivity contribution in [3.05, 3.63) is 39.4 Å². The highest BCUT2D eigenvalue weighted by Crippen LogP contribution is 2.38. The molecular weight excluding hydrogens is 357 g/mol. The van der Waals surface area contributed by atoms with E-state index >= 15 is 0 Å². The Bertz CT molecular complexity index is 691. The highest BCUT2D eigenvalue weighted by Gasteiger charge is 2.25. The molecule has 2 aromatic rings. The quantitative estimate of drug-likeness (QED) is 0.767. The van der Waals surface area contributed by atoms with Crippen LogP contribution in [0.15, 0.2) is 28.1 Å². The van der Waals surface area contributed by atoms with Crippen molar-refractivity contribution in [1.29, 1.82) is 0 Å². The molecule has 0 atom stereocenters. The van der Waals surface area contributed by atoms with Crippen LogP contribution in [0.4, 0.5) is 9.39 Å². The molecule has 0 spiro atoms. The van der Waals surface area contributed by atoms with Crippen LogP contribution in [0.1, 0.15) is 31.1 Å². The number of thiophene rings is 1. The van der Waals surface area contributed by atoms with Gasteiger partial charge in [-0.3, -0.25) is 0 Å². The van der Waals surface area contributed by atoms with E-state index in [2.05, 4.69) is 15.9 Å². The number of rotatable bonds is 2. The summed E-state index contributed by atoms with van der Waals surface area (Å²) in [6, 6.07) is 4.30. The molecule has 0 aliphatic rings. The van der Waals surface area contributed by atoms with E-state index in [1.807, 2.05) is 0 Å². The van der Waals surface area contributed by atoms with Crippen LogP contribution in [0.25, 0.3) is 11.1 Å². The lowest BCUT2D eigenvalue weighted by Crippen LogP contribution is -2.24. The maximum absolute atomic E-state index is 13.2. The van der Waals surface area contributed by atoms with Gasteiger partial charge < -0.3 is 10.5 Å². The van der Waals surface area contributed by atoms with Crippen molar-refractivity contribution in [1.82, 2.24) is 0 Å². The maximum atomic E-state index is 13.2. The highest BCUT2D eigenvalue weighted by molar-refractivity contribution is 9.10. The molecule has 0 saturated carbocycles. The molecule has 6 heteroatoms. The molecule has 0 aliphatic heterocycles. The van der Waals surface area contributed by atoms with Crippen LogP contribution >= 0.6 is 27.3 Å². The summed E-state index contributed by atoms with van der Waals surface area (Å²) in [5.74, 6) is -0.833. The summed E-state index contributed by atoms with van der Waals surface area (Å²) in [5, 5.41) is 2.16. The second-order valence-corrected chi connectivity index (χ2v) is 7.28. The predicted molar refractivity (Wildman–Crippen MR) is 87.0 cm³/mol. The van der Waals surface area contributed by atoms with Crippen LogP contribution in [-0.4, -0.2) is 11.6 Å². The molecule has 1 aromatic carbocycles. The minimum Gasteiger partial charge on any atom is -0.456 e. The first-order valence-corrected chi connectivity index (χ1v) is 7.92. The Labute approximate surface area is 135 Å². The first-order valence-electron chi connectivity index (χ1n) is 6.25. The number of nitrogen functional groups attached to an aromatic ring is 1. The topological polar surface area (TPSA) is 52.3 Å². The van der Waals surface area contributed by atoms with Gasteiger partial charge in [-0.2, -0.15) is 0 Å². The van der Waals surface area contributed by atoms with E-state index in [1.54, 1.807) is 32.2 Å². The summed E-state index contributed by atoms with van der Waals surface area (Å²) < 4.78 is 19.2. The molecule has 1 aromatic heterocycles. The van der Waals surface area contributed by atoms with Gasteiger partial charge in [0.1, 0.15) is 22.0 Å². The number of halogens is 2. The van der Waals surface area contributed by atoms with Crippen molar-refractivity contribution in [3.8, 4) is 11.1 Å². The lowest BCUT2D eigenvalue weighted by Gasteiger charge is -2.20. The lowest BCUT2D eigenvalue weighted by atomic mass is 10.0. The fraction of sp³-hybridized carbons (Fsp3) is 0.267. The number of hydrogen-bond acceptors (Lipinski definition) is 4. The van der Waals surface area contributed by atoms with Gasteiger partial charge in [0.2, 0.25) is 0 Å². The van der Waals surface area contributed by atoms with Crippen LogP contribution in [0.2, 0.25) is 0 Å². The monoisotopic (exact) mass is 371 g/mol. The molecule has 3 nitrogen and oxygen atoms in total. The zero-order valence-electron chi connectivity index (χ0n) is 11.9. The van der Waals surface area contributed by atoms with Gasteiger partial charge >= 0.3 is 5.97 Å². The number of carbonyl (C=O) groups excluding carboxylic acids is 1. The van der Waals surface area contributed by atoms with Crippen molar-refractivity contribution in [2.24, 2.45) is 0 Å². The second-order valence-electron chi connectivity index (χ2n) is 5.51. The van der Waals surface area contributed by atoms with Gasteiger partial charge in [-0.25, -0.2) is 9.18 Å². The van der Waals surface area contributed by atoms with Crippen molar-refractivity contribution in [3.63, 3.8) is 0 Å². The zero-order chi connectivity index (χ0) is 15.8. The minimum absolute atomic E-state index is 0.322. The Morgan fingerprint density at radius 3 is 2.57 bits per heavy atom. The number of esters is 1. The highest BCUT2D eigenvalue weighted by atomic mass is 79.9. The van der Waals surface area contributed by atoms with E-state index in [4.69, 9.17) is 10.5 Å². The molecule has 0 fully saturated rings. The maximum Gasteiger partial charge on any atom is 0.342 e. The molecule has 0 aliphatic carbocycles. The Balaban J connectivity index is 2.50. The molecule has 21 heavy (non-hydrogen) atoms. The normalized spacial score (nSPS) is 11.5. The minimum atomic E-state index is -0.608. The predicted octanol–water partition coefficient (Wildman–Crippen LogP) is 4.85. The summed E-state index contributed by atoms with van der Waals surface area (Å²) in [5.41, 5.74) is 6.96. The van der Waals surface area contributed by atoms with E-state index in [-0.39, 0.29) is 5.82 Å². The van der Waals surface area contributed by atoms with E-state index < -0.39 is 11.6 Å². The number of anilines is 1. The van der Waals surface area contributed by atoms with Crippen LogP contribution in [0.5, 0.6) is 0 Å². The third kappa shape index (κ3) is 3.63. The molecule has 0 saturated heterocycles. The van der Waals surface area contributed by atoms with Gasteiger partial charge in [0.15, 0.2) is 0 Å². The van der Waals surface area contributed by atoms with Crippen molar-refractivity contribution < 1.29 is 13.9 Å². The Morgan fingerprint density at radius 1 is 1.33 bits per heavy atom. The molecule has 0 radical (unpaired) electrons. The van der Waals surface area contributed by atoms with Crippen LogP contribution < -0.4 is 5.73 Å². The van der Waals surface area contributed by atoms with Crippen molar-refractivity contribution in [2.45, 2.75) is 26.4 Å². The number of hydrogen-bond donors (Lipinski definition) is 1. The average molecular weight is 372 g/mol. The summed E-state index contributed by atoms with van der Waals surface area (Å²) in [4.78, 5) is 12.3. The first kappa shape index (κ1) is 16.0. The number of ether oxygens (including phenoxy) is 1. The van der Waals surface area contributed by atoms with Gasteiger partial charge in [0.25, 0.3) is 0 Å². The summed E-state index contributed by atoms with van der Waals surface area (Å²) in [6.07, 6.45) is 0. The van der Waals surface area contributed by atoms with Gasteiger partial charge in [0, 0.05) is 15.4 Å². The SMILES string of the molecule is CC(C)(C)OC(=O)c1c(-c2ccc(F)cc2Br)csc1N. The molecule has 0 bridgehead atoms. The van der Waals surface area contributed by atoms with E-state index in [1.165, 1.54) is 23.5 Å². The average Bonchev–Trinajstić information content (AvgIpc) is 2.68. The molecular formula is C15H15BrFNO2S. The standard InChI is InChI=1S/C15H15BrFNO2S/c1-15(2,3)20-14(19)12-10(7-21-13(12)18)9-5-4-8(17)6-11(9)16/h4-7H,18H2,1-3H3. The molecule has 112 valence electrons. The third-order valence-corrected chi connectivity index (χ3v) is 4.11. The second kappa shape index (κ2) is 5.77. The first-order chi connectivity index (χ1) is 9.69. The fourth-order valence-electron chi connectivity index (χ4n) is 1.82. The molecule has 0 unspecified atom stereocenters. The van der Waals surface area contributed by atoms with E-state index in [0.29, 0.717) is 26.2 Å². The van der Waals surface area contributed by atoms with Gasteiger partial charge in [-0.15, -0.1) is 11.3 Å². The number of carbonyl (C=O) groups is 1. The summed E-state index contributed by atoms with van der Waals surface area (Å²) in [7, 11) is 0. The van der Waals surface area contributed by atoms with E-state index in [0.717, 1.165) is 0 Å².